The highest BCUT2D eigenvalue weighted by Crippen LogP contribution is 2.28. The Kier molecular flexibility index (Phi) is 11.1. The summed E-state index contributed by atoms with van der Waals surface area (Å²) in [5.41, 5.74) is 4.07. The molecule has 0 aliphatic carbocycles. The quantitative estimate of drug-likeness (QED) is 0.156. The van der Waals surface area contributed by atoms with Crippen LogP contribution >= 0.6 is 0 Å². The van der Waals surface area contributed by atoms with Gasteiger partial charge in [0, 0.05) is 6.42 Å². The molecule has 2 heterocycles. The Labute approximate surface area is 240 Å². The summed E-state index contributed by atoms with van der Waals surface area (Å²) < 4.78 is 25.1. The molecule has 14 nitrogen and oxygen atoms in total. The van der Waals surface area contributed by atoms with Crippen LogP contribution in [0.2, 0.25) is 0 Å². The van der Waals surface area contributed by atoms with Crippen molar-refractivity contribution in [1.82, 2.24) is 20.2 Å². The van der Waals surface area contributed by atoms with Crippen LogP contribution in [0.4, 0.5) is 4.39 Å². The average molecular weight is 594 g/mol. The van der Waals surface area contributed by atoms with Crippen LogP contribution in [0.3, 0.4) is 0 Å². The van der Waals surface area contributed by atoms with Gasteiger partial charge in [-0.1, -0.05) is 50.6 Å². The van der Waals surface area contributed by atoms with E-state index in [1.54, 1.807) is 49.2 Å². The van der Waals surface area contributed by atoms with Crippen molar-refractivity contribution in [3.8, 4) is 0 Å². The van der Waals surface area contributed by atoms with Crippen molar-refractivity contribution in [2.45, 2.75) is 76.3 Å². The molecule has 1 saturated heterocycles. The summed E-state index contributed by atoms with van der Waals surface area (Å²) in [6, 6.07) is 5.82. The number of carbonyl (C=O) groups is 3. The minimum Gasteiger partial charge on any atom is -0.461 e. The second-order valence-corrected chi connectivity index (χ2v) is 10.2. The molecule has 0 saturated carbocycles. The van der Waals surface area contributed by atoms with Gasteiger partial charge >= 0.3 is 11.7 Å². The van der Waals surface area contributed by atoms with Crippen molar-refractivity contribution in [3.05, 3.63) is 68.7 Å². The minimum atomic E-state index is -1.73. The number of hydrogen-bond donors (Lipinski definition) is 6. The predicted molar refractivity (Wildman–Crippen MR) is 145 cm³/mol. The van der Waals surface area contributed by atoms with Crippen molar-refractivity contribution in [1.29, 1.82) is 0 Å². The molecule has 0 bridgehead atoms. The van der Waals surface area contributed by atoms with Crippen molar-refractivity contribution in [2.75, 3.05) is 6.61 Å². The Bertz CT molecular complexity index is 1370. The van der Waals surface area contributed by atoms with Gasteiger partial charge in [-0.15, -0.1) is 0 Å². The zero-order chi connectivity index (χ0) is 31.1. The summed E-state index contributed by atoms with van der Waals surface area (Å²) >= 11 is 0. The van der Waals surface area contributed by atoms with E-state index in [0.717, 1.165) is 5.56 Å². The first-order chi connectivity index (χ1) is 19.8. The molecule has 1 aliphatic heterocycles. The topological polar surface area (TPSA) is 215 Å². The molecular formula is C27H36FN5O9. The van der Waals surface area contributed by atoms with Crippen molar-refractivity contribution in [2.24, 2.45) is 11.7 Å². The van der Waals surface area contributed by atoms with E-state index in [0.29, 0.717) is 17.2 Å². The standard InChI is InChI=1S/C27H36FN5O9/c1-4-13(2)19(31-24(38)17(30-22(36)14(3)29)10-15-8-6-5-7-9-15)26(39)41-12-18-20(34)21(35)25(42-18)33-11-16(28)23(37)32-27(33)40/h5-9,11,13-14,17-21,25,34-35H,4,10,12,29H2,1-3H3,(H,30,36)(H,31,38)(H,32,37,40)/t13-,14-,17-,18+,19-,20+,21+,25+/m0/s1. The monoisotopic (exact) mass is 593 g/mol. The minimum absolute atomic E-state index is 0.125. The highest BCUT2D eigenvalue weighted by atomic mass is 19.1. The normalized spacial score (nSPS) is 22.9. The number of aromatic amines is 1. The van der Waals surface area contributed by atoms with Gasteiger partial charge in [0.15, 0.2) is 6.23 Å². The third kappa shape index (κ3) is 7.88. The van der Waals surface area contributed by atoms with Gasteiger partial charge < -0.3 is 36.1 Å². The SMILES string of the molecule is CC[C@H](C)[C@H](NC(=O)[C@H](Cc1ccccc1)NC(=O)[C@H](C)N)C(=O)OC[C@H]1O[C@@H](n2cc(F)c(=O)[nH]c2=O)[C@H](O)[C@@H]1O. The summed E-state index contributed by atoms with van der Waals surface area (Å²) in [4.78, 5) is 63.9. The fourth-order valence-corrected chi connectivity index (χ4v) is 4.29. The zero-order valence-corrected chi connectivity index (χ0v) is 23.4. The third-order valence-electron chi connectivity index (χ3n) is 7.02. The Morgan fingerprint density at radius 1 is 1.12 bits per heavy atom. The number of aliphatic hydroxyl groups excluding tert-OH is 2. The molecule has 1 aromatic heterocycles. The Morgan fingerprint density at radius 2 is 1.79 bits per heavy atom. The first-order valence-electron chi connectivity index (χ1n) is 13.4. The number of halogens is 1. The second-order valence-electron chi connectivity index (χ2n) is 10.2. The molecule has 0 unspecified atom stereocenters. The van der Waals surface area contributed by atoms with Gasteiger partial charge in [-0.3, -0.25) is 23.9 Å². The number of esters is 1. The summed E-state index contributed by atoms with van der Waals surface area (Å²) in [6.07, 6.45) is -5.18. The number of nitrogens with two attached hydrogens (primary N) is 1. The number of H-pyrrole nitrogens is 1. The molecule has 3 rings (SSSR count). The highest BCUT2D eigenvalue weighted by molar-refractivity contribution is 5.92. The fourth-order valence-electron chi connectivity index (χ4n) is 4.29. The van der Waals surface area contributed by atoms with Gasteiger partial charge in [-0.25, -0.2) is 9.59 Å². The molecule has 7 N–H and O–H groups in total. The number of ether oxygens (including phenoxy) is 2. The molecule has 230 valence electrons. The Balaban J connectivity index is 1.71. The van der Waals surface area contributed by atoms with E-state index in [1.165, 1.54) is 6.92 Å². The van der Waals surface area contributed by atoms with Crippen LogP contribution in [0.15, 0.2) is 46.1 Å². The molecule has 15 heteroatoms. The molecule has 1 aliphatic rings. The number of aromatic nitrogens is 2. The maximum absolute atomic E-state index is 13.7. The van der Waals surface area contributed by atoms with Crippen molar-refractivity contribution < 1.29 is 38.5 Å². The summed E-state index contributed by atoms with van der Waals surface area (Å²) in [5.74, 6) is -3.82. The summed E-state index contributed by atoms with van der Waals surface area (Å²) in [7, 11) is 0. The van der Waals surface area contributed by atoms with Crippen LogP contribution in [-0.4, -0.2) is 80.6 Å². The van der Waals surface area contributed by atoms with E-state index in [1.807, 2.05) is 0 Å². The Morgan fingerprint density at radius 3 is 2.40 bits per heavy atom. The molecular weight excluding hydrogens is 557 g/mol. The maximum atomic E-state index is 13.7. The van der Waals surface area contributed by atoms with Crippen LogP contribution in [0.25, 0.3) is 0 Å². The first-order valence-corrected chi connectivity index (χ1v) is 13.4. The fraction of sp³-hybridized carbons (Fsp3) is 0.519. The molecule has 0 spiro atoms. The molecule has 2 amide bonds. The van der Waals surface area contributed by atoms with E-state index < -0.39 is 90.0 Å². The van der Waals surface area contributed by atoms with Gasteiger partial charge in [-0.05, 0) is 18.4 Å². The largest absolute Gasteiger partial charge is 0.461 e. The zero-order valence-electron chi connectivity index (χ0n) is 23.4. The average Bonchev–Trinajstić information content (AvgIpc) is 3.24. The van der Waals surface area contributed by atoms with E-state index >= 15 is 0 Å². The summed E-state index contributed by atoms with van der Waals surface area (Å²) in [5, 5.41) is 26.1. The van der Waals surface area contributed by atoms with Gasteiger partial charge in [0.05, 0.1) is 12.2 Å². The van der Waals surface area contributed by atoms with Gasteiger partial charge in [-0.2, -0.15) is 4.39 Å². The lowest BCUT2D eigenvalue weighted by Crippen LogP contribution is -2.56. The number of benzene rings is 1. The molecule has 0 radical (unpaired) electrons. The van der Waals surface area contributed by atoms with E-state index in [2.05, 4.69) is 10.6 Å². The lowest BCUT2D eigenvalue weighted by atomic mass is 9.98. The number of amides is 2. The van der Waals surface area contributed by atoms with Crippen LogP contribution in [-0.2, 0) is 30.3 Å². The van der Waals surface area contributed by atoms with Gasteiger partial charge in [0.1, 0.15) is 37.0 Å². The lowest BCUT2D eigenvalue weighted by molar-refractivity contribution is -0.155. The van der Waals surface area contributed by atoms with Crippen LogP contribution < -0.4 is 27.6 Å². The van der Waals surface area contributed by atoms with Crippen molar-refractivity contribution in [3.63, 3.8) is 0 Å². The molecule has 1 aromatic carbocycles. The molecule has 42 heavy (non-hydrogen) atoms. The van der Waals surface area contributed by atoms with E-state index in [-0.39, 0.29) is 6.42 Å². The third-order valence-corrected chi connectivity index (χ3v) is 7.02. The summed E-state index contributed by atoms with van der Waals surface area (Å²) in [6.45, 7) is 4.38. The second kappa shape index (κ2) is 14.3. The van der Waals surface area contributed by atoms with Crippen LogP contribution in [0.5, 0.6) is 0 Å². The van der Waals surface area contributed by atoms with Gasteiger partial charge in [0.25, 0.3) is 5.56 Å². The number of nitrogens with one attached hydrogen (secondary N) is 3. The van der Waals surface area contributed by atoms with E-state index in [9.17, 15) is 38.6 Å². The predicted octanol–water partition coefficient (Wildman–Crippen LogP) is -1.56. The van der Waals surface area contributed by atoms with Gasteiger partial charge in [0.2, 0.25) is 17.6 Å². The molecule has 8 atom stereocenters. The number of carbonyl (C=O) groups excluding carboxylic acids is 3. The number of aliphatic hydroxyl groups is 2. The Hall–Kier alpha value is -3.92. The number of nitrogens with zero attached hydrogens (tertiary/aromatic N) is 1. The number of rotatable bonds is 12. The highest BCUT2D eigenvalue weighted by Gasteiger charge is 2.45. The van der Waals surface area contributed by atoms with Crippen LogP contribution in [0.1, 0.15) is 39.0 Å². The lowest BCUT2D eigenvalue weighted by Gasteiger charge is -2.27. The first kappa shape index (κ1) is 32.6. The van der Waals surface area contributed by atoms with Crippen molar-refractivity contribution >= 4 is 17.8 Å². The van der Waals surface area contributed by atoms with Crippen LogP contribution in [0, 0.1) is 11.7 Å². The number of hydrogen-bond acceptors (Lipinski definition) is 10. The van der Waals surface area contributed by atoms with E-state index in [4.69, 9.17) is 15.2 Å². The maximum Gasteiger partial charge on any atom is 0.330 e. The smallest absolute Gasteiger partial charge is 0.330 e. The molecule has 1 fully saturated rings. The molecule has 2 aromatic rings.